The van der Waals surface area contributed by atoms with Gasteiger partial charge in [-0.2, -0.15) is 0 Å². The van der Waals surface area contributed by atoms with Crippen LogP contribution in [0.15, 0.2) is 42.6 Å². The maximum atomic E-state index is 12.8. The number of esters is 1. The first-order valence-electron chi connectivity index (χ1n) is 10.5. The van der Waals surface area contributed by atoms with Crippen LogP contribution in [0.1, 0.15) is 64.9 Å². The molecule has 4 saturated carbocycles. The average molecular weight is 390 g/mol. The average Bonchev–Trinajstić information content (AvgIpc) is 2.73. The van der Waals surface area contributed by atoms with Crippen molar-refractivity contribution in [1.29, 1.82) is 0 Å². The molecule has 6 rings (SSSR count). The van der Waals surface area contributed by atoms with Crippen molar-refractivity contribution in [3.8, 4) is 0 Å². The Kier molecular flexibility index (Phi) is 4.41. The molecule has 1 heterocycles. The number of hydrogen-bond donors (Lipinski definition) is 1. The molecule has 4 aliphatic carbocycles. The quantitative estimate of drug-likeness (QED) is 0.776. The molecule has 4 aliphatic rings. The normalized spacial score (nSPS) is 29.5. The summed E-state index contributed by atoms with van der Waals surface area (Å²) < 4.78 is 4.71. The van der Waals surface area contributed by atoms with Crippen LogP contribution in [0.5, 0.6) is 0 Å². The summed E-state index contributed by atoms with van der Waals surface area (Å²) in [6.07, 6.45) is 9.64. The second kappa shape index (κ2) is 6.97. The van der Waals surface area contributed by atoms with E-state index in [1.807, 2.05) is 6.07 Å². The lowest BCUT2D eigenvalue weighted by atomic mass is 9.48. The van der Waals surface area contributed by atoms with Crippen LogP contribution in [0.3, 0.4) is 0 Å². The molecule has 0 aliphatic heterocycles. The maximum absolute atomic E-state index is 12.8. The number of rotatable bonds is 4. The topological polar surface area (TPSA) is 68.3 Å². The van der Waals surface area contributed by atoms with E-state index in [-0.39, 0.29) is 11.3 Å². The third-order valence-corrected chi connectivity index (χ3v) is 7.17. The number of carbonyl (C=O) groups is 2. The zero-order valence-corrected chi connectivity index (χ0v) is 16.7. The van der Waals surface area contributed by atoms with Gasteiger partial charge < -0.3 is 10.1 Å². The van der Waals surface area contributed by atoms with E-state index in [4.69, 9.17) is 9.72 Å². The second-order valence-electron chi connectivity index (χ2n) is 9.15. The van der Waals surface area contributed by atoms with Gasteiger partial charge in [0.2, 0.25) is 0 Å². The fourth-order valence-corrected chi connectivity index (χ4v) is 6.30. The molecule has 29 heavy (non-hydrogen) atoms. The molecule has 0 unspecified atom stereocenters. The Balaban J connectivity index is 1.35. The number of hydrogen-bond acceptors (Lipinski definition) is 4. The molecular weight excluding hydrogens is 364 g/mol. The number of anilines is 1. The number of aromatic nitrogens is 1. The predicted molar refractivity (Wildman–Crippen MR) is 110 cm³/mol. The van der Waals surface area contributed by atoms with Gasteiger partial charge in [-0.05, 0) is 92.7 Å². The highest BCUT2D eigenvalue weighted by molar-refractivity contribution is 6.04. The minimum Gasteiger partial charge on any atom is -0.465 e. The van der Waals surface area contributed by atoms with E-state index in [0.29, 0.717) is 16.8 Å². The van der Waals surface area contributed by atoms with Crippen molar-refractivity contribution in [3.63, 3.8) is 0 Å². The molecule has 0 radical (unpaired) electrons. The number of methoxy groups -OCH3 is 1. The van der Waals surface area contributed by atoms with E-state index in [9.17, 15) is 9.59 Å². The molecule has 1 aromatic heterocycles. The number of amides is 1. The summed E-state index contributed by atoms with van der Waals surface area (Å²) in [7, 11) is 1.35. The van der Waals surface area contributed by atoms with Crippen LogP contribution < -0.4 is 5.32 Å². The van der Waals surface area contributed by atoms with Crippen molar-refractivity contribution in [1.82, 2.24) is 4.98 Å². The van der Waals surface area contributed by atoms with Crippen molar-refractivity contribution in [3.05, 3.63) is 59.4 Å². The molecule has 1 N–H and O–H groups in total. The lowest BCUT2D eigenvalue weighted by Crippen LogP contribution is -2.49. The van der Waals surface area contributed by atoms with Gasteiger partial charge in [0.1, 0.15) is 0 Å². The van der Waals surface area contributed by atoms with Crippen LogP contribution in [-0.2, 0) is 10.2 Å². The van der Waals surface area contributed by atoms with Crippen molar-refractivity contribution < 1.29 is 14.3 Å². The Hall–Kier alpha value is -2.69. The Labute approximate surface area is 170 Å². The molecule has 1 amide bonds. The highest BCUT2D eigenvalue weighted by Crippen LogP contribution is 2.60. The third-order valence-electron chi connectivity index (χ3n) is 7.17. The van der Waals surface area contributed by atoms with Gasteiger partial charge in [-0.15, -0.1) is 0 Å². The second-order valence-corrected chi connectivity index (χ2v) is 9.15. The molecule has 0 atom stereocenters. The number of nitrogens with one attached hydrogen (secondary N) is 1. The lowest BCUT2D eigenvalue weighted by molar-refractivity contribution is -0.00721. The minimum atomic E-state index is -0.391. The van der Waals surface area contributed by atoms with Gasteiger partial charge in [-0.25, -0.2) is 4.79 Å². The fraction of sp³-hybridized carbons (Fsp3) is 0.458. The summed E-state index contributed by atoms with van der Waals surface area (Å²) in [5, 5.41) is 2.92. The monoisotopic (exact) mass is 390 g/mol. The van der Waals surface area contributed by atoms with E-state index < -0.39 is 5.97 Å². The molecule has 150 valence electrons. The first kappa shape index (κ1) is 18.3. The molecule has 0 saturated heterocycles. The van der Waals surface area contributed by atoms with Crippen LogP contribution in [-0.4, -0.2) is 24.0 Å². The largest absolute Gasteiger partial charge is 0.465 e. The summed E-state index contributed by atoms with van der Waals surface area (Å²) in [5.41, 5.74) is 3.02. The standard InChI is InChI=1S/C24H26N2O3/c1-29-23(28)18-2-4-20(5-3-18)26-22(27)19-6-7-25-21(11-19)24-12-15-8-16(13-24)10-17(9-15)14-24/h2-7,11,15-17H,8-10,12-14H2,1H3,(H,26,27). The summed E-state index contributed by atoms with van der Waals surface area (Å²) in [5.74, 6) is 1.98. The predicted octanol–water partition coefficient (Wildman–Crippen LogP) is 4.59. The van der Waals surface area contributed by atoms with E-state index in [0.717, 1.165) is 23.4 Å². The molecule has 5 nitrogen and oxygen atoms in total. The summed E-state index contributed by atoms with van der Waals surface area (Å²) >= 11 is 0. The Morgan fingerprint density at radius 2 is 1.59 bits per heavy atom. The van der Waals surface area contributed by atoms with Crippen molar-refractivity contribution in [2.24, 2.45) is 17.8 Å². The third kappa shape index (κ3) is 3.33. The number of pyridine rings is 1. The Morgan fingerprint density at radius 3 is 2.17 bits per heavy atom. The molecule has 4 bridgehead atoms. The number of carbonyl (C=O) groups excluding carboxylic acids is 2. The van der Waals surface area contributed by atoms with Crippen molar-refractivity contribution in [2.75, 3.05) is 12.4 Å². The zero-order valence-electron chi connectivity index (χ0n) is 16.7. The molecule has 2 aromatic rings. The van der Waals surface area contributed by atoms with E-state index >= 15 is 0 Å². The van der Waals surface area contributed by atoms with E-state index in [1.165, 1.54) is 45.6 Å². The highest BCUT2D eigenvalue weighted by Gasteiger charge is 2.52. The lowest BCUT2D eigenvalue weighted by Gasteiger charge is -2.56. The van der Waals surface area contributed by atoms with Crippen LogP contribution in [0.25, 0.3) is 0 Å². The van der Waals surface area contributed by atoms with Crippen LogP contribution in [0, 0.1) is 17.8 Å². The number of nitrogens with zero attached hydrogens (tertiary/aromatic N) is 1. The summed E-state index contributed by atoms with van der Waals surface area (Å²) in [6, 6.07) is 10.5. The van der Waals surface area contributed by atoms with Gasteiger partial charge in [0.15, 0.2) is 0 Å². The minimum absolute atomic E-state index is 0.149. The van der Waals surface area contributed by atoms with E-state index in [2.05, 4.69) is 5.32 Å². The highest BCUT2D eigenvalue weighted by atomic mass is 16.5. The van der Waals surface area contributed by atoms with Gasteiger partial charge in [-0.1, -0.05) is 0 Å². The van der Waals surface area contributed by atoms with Gasteiger partial charge >= 0.3 is 5.97 Å². The van der Waals surface area contributed by atoms with E-state index in [1.54, 1.807) is 36.5 Å². The van der Waals surface area contributed by atoms with Gasteiger partial charge in [0, 0.05) is 28.6 Å². The van der Waals surface area contributed by atoms with Gasteiger partial charge in [-0.3, -0.25) is 9.78 Å². The Bertz CT molecular complexity index is 916. The molecule has 5 heteroatoms. The van der Waals surface area contributed by atoms with Crippen LogP contribution in [0.2, 0.25) is 0 Å². The molecule has 1 aromatic carbocycles. The Morgan fingerprint density at radius 1 is 0.966 bits per heavy atom. The summed E-state index contributed by atoms with van der Waals surface area (Å²) in [6.45, 7) is 0. The van der Waals surface area contributed by atoms with Crippen molar-refractivity contribution >= 4 is 17.6 Å². The first-order chi connectivity index (χ1) is 14.0. The zero-order chi connectivity index (χ0) is 20.0. The molecular formula is C24H26N2O3. The number of ether oxygens (including phenoxy) is 1. The first-order valence-corrected chi connectivity index (χ1v) is 10.5. The smallest absolute Gasteiger partial charge is 0.337 e. The van der Waals surface area contributed by atoms with Crippen molar-refractivity contribution in [2.45, 2.75) is 43.9 Å². The maximum Gasteiger partial charge on any atom is 0.337 e. The number of benzene rings is 1. The van der Waals surface area contributed by atoms with Gasteiger partial charge in [0.05, 0.1) is 12.7 Å². The molecule has 0 spiro atoms. The SMILES string of the molecule is COC(=O)c1ccc(NC(=O)c2ccnc(C34CC5CC(CC(C5)C3)C4)c2)cc1. The van der Waals surface area contributed by atoms with Gasteiger partial charge in [0.25, 0.3) is 5.91 Å². The summed E-state index contributed by atoms with van der Waals surface area (Å²) in [4.78, 5) is 29.1. The van der Waals surface area contributed by atoms with Crippen LogP contribution in [0.4, 0.5) is 5.69 Å². The fourth-order valence-electron chi connectivity index (χ4n) is 6.30. The van der Waals surface area contributed by atoms with Crippen LogP contribution >= 0.6 is 0 Å². The molecule has 4 fully saturated rings.